The number of amides is 4. The molecule has 1 saturated heterocycles. The summed E-state index contributed by atoms with van der Waals surface area (Å²) in [4.78, 5) is 64.1. The molecule has 3 fully saturated rings. The lowest BCUT2D eigenvalue weighted by atomic mass is 10.0. The Hall–Kier alpha value is -4.99. The first-order valence-corrected chi connectivity index (χ1v) is 20.2. The van der Waals surface area contributed by atoms with E-state index in [0.29, 0.717) is 36.4 Å². The highest BCUT2D eigenvalue weighted by molar-refractivity contribution is 7.91. The molecule has 55 heavy (non-hydrogen) atoms. The van der Waals surface area contributed by atoms with Crippen LogP contribution in [0, 0.1) is 24.5 Å². The van der Waals surface area contributed by atoms with Crippen LogP contribution in [-0.4, -0.2) is 82.9 Å². The second kappa shape index (κ2) is 16.8. The largest absolute Gasteiger partial charge is 0.471 e. The summed E-state index contributed by atoms with van der Waals surface area (Å²) < 4.78 is 61.0. The van der Waals surface area contributed by atoms with Gasteiger partial charge >= 0.3 is 0 Å². The Bertz CT molecular complexity index is 2090. The monoisotopic (exact) mass is 780 g/mol. The number of halogens is 2. The molecule has 4 amide bonds. The summed E-state index contributed by atoms with van der Waals surface area (Å²) in [6.07, 6.45) is 10.0. The van der Waals surface area contributed by atoms with Gasteiger partial charge in [0.2, 0.25) is 27.7 Å². The number of likely N-dealkylation sites (tertiary alicyclic amines) is 1. The maximum Gasteiger partial charge on any atom is 0.252 e. The molecule has 2 heterocycles. The standard InChI is InChI=1S/C39H46F2N6O7S/c1-24-37(45-34-29(41)13-9-15-30(34)43-24)54-28-21-32(36(50)42-22-33(48)46-55(52,53)39(2)18-19-39)47(23-28)38(51)31(14-7-5-3-4-6-10-25-16-17-25)44-35(49)26-11-8-12-27(40)20-26/h6,8-13,15,20,25,28,31-32H,3-5,7,14,16-19,21-23H2,1-2H3,(H,42,50)(H,44,49)(H,46,48)/t28-,31+,32+/m1/s1. The smallest absolute Gasteiger partial charge is 0.252 e. The number of carbonyl (C=O) groups excluding carboxylic acids is 4. The molecule has 1 aliphatic heterocycles. The lowest BCUT2D eigenvalue weighted by Gasteiger charge is -2.28. The van der Waals surface area contributed by atoms with E-state index in [0.717, 1.165) is 25.3 Å². The van der Waals surface area contributed by atoms with Gasteiger partial charge in [-0.05, 0) is 95.0 Å². The Labute approximate surface area is 318 Å². The summed E-state index contributed by atoms with van der Waals surface area (Å²) in [7, 11) is -3.95. The molecule has 3 atom stereocenters. The van der Waals surface area contributed by atoms with Crippen molar-refractivity contribution in [1.29, 1.82) is 0 Å². The van der Waals surface area contributed by atoms with Gasteiger partial charge in [0, 0.05) is 12.0 Å². The quantitative estimate of drug-likeness (QED) is 0.133. The minimum Gasteiger partial charge on any atom is -0.471 e. The van der Waals surface area contributed by atoms with Crippen LogP contribution in [0.5, 0.6) is 5.88 Å². The van der Waals surface area contributed by atoms with Crippen molar-refractivity contribution in [3.63, 3.8) is 0 Å². The van der Waals surface area contributed by atoms with Gasteiger partial charge in [0.05, 0.1) is 23.4 Å². The van der Waals surface area contributed by atoms with Crippen LogP contribution < -0.4 is 20.1 Å². The predicted molar refractivity (Wildman–Crippen MR) is 199 cm³/mol. The number of hydrogen-bond acceptors (Lipinski definition) is 9. The average Bonchev–Trinajstić information content (AvgIpc) is 4.08. The number of para-hydroxylation sites is 1. The molecule has 2 aromatic carbocycles. The molecule has 3 N–H and O–H groups in total. The maximum absolute atomic E-state index is 14.6. The molecule has 0 unspecified atom stereocenters. The van der Waals surface area contributed by atoms with Crippen LogP contribution >= 0.6 is 0 Å². The molecule has 2 aliphatic carbocycles. The number of fused-ring (bicyclic) bond motifs is 1. The summed E-state index contributed by atoms with van der Waals surface area (Å²) in [5.41, 5.74) is 0.654. The van der Waals surface area contributed by atoms with E-state index < -0.39 is 74.8 Å². The highest BCUT2D eigenvalue weighted by Crippen LogP contribution is 2.42. The van der Waals surface area contributed by atoms with Gasteiger partial charge in [0.25, 0.3) is 11.8 Å². The molecule has 16 heteroatoms. The Morgan fingerprint density at radius 1 is 1.05 bits per heavy atom. The minimum atomic E-state index is -3.95. The van der Waals surface area contributed by atoms with E-state index in [1.807, 2.05) is 4.72 Å². The molecule has 0 spiro atoms. The summed E-state index contributed by atoms with van der Waals surface area (Å²) in [5, 5.41) is 5.19. The first kappa shape index (κ1) is 39.7. The van der Waals surface area contributed by atoms with Crippen LogP contribution in [0.1, 0.15) is 87.2 Å². The maximum atomic E-state index is 14.6. The van der Waals surface area contributed by atoms with Crippen LogP contribution in [0.15, 0.2) is 54.6 Å². The summed E-state index contributed by atoms with van der Waals surface area (Å²) in [6, 6.07) is 7.09. The number of hydrogen-bond donors (Lipinski definition) is 3. The van der Waals surface area contributed by atoms with Crippen LogP contribution in [0.2, 0.25) is 0 Å². The molecular formula is C39H46F2N6O7S. The molecule has 3 aromatic rings. The van der Waals surface area contributed by atoms with Gasteiger partial charge in [-0.15, -0.1) is 0 Å². The summed E-state index contributed by atoms with van der Waals surface area (Å²) in [5.74, 6) is -3.54. The molecular weight excluding hydrogens is 735 g/mol. The number of unbranched alkanes of at least 4 members (excludes halogenated alkanes) is 3. The number of benzene rings is 2. The van der Waals surface area contributed by atoms with Crippen molar-refractivity contribution in [2.45, 2.75) is 101 Å². The lowest BCUT2D eigenvalue weighted by Crippen LogP contribution is -2.54. The molecule has 3 aliphatic rings. The Morgan fingerprint density at radius 3 is 2.55 bits per heavy atom. The zero-order valence-electron chi connectivity index (χ0n) is 30.9. The summed E-state index contributed by atoms with van der Waals surface area (Å²) >= 11 is 0. The highest BCUT2D eigenvalue weighted by Gasteiger charge is 2.51. The molecule has 0 radical (unpaired) electrons. The fourth-order valence-corrected chi connectivity index (χ4v) is 7.75. The molecule has 2 saturated carbocycles. The van der Waals surface area contributed by atoms with Crippen LogP contribution in [0.4, 0.5) is 8.78 Å². The predicted octanol–water partition coefficient (Wildman–Crippen LogP) is 4.39. The lowest BCUT2D eigenvalue weighted by molar-refractivity contribution is -0.140. The van der Waals surface area contributed by atoms with Crippen molar-refractivity contribution in [3.8, 4) is 5.88 Å². The normalized spacial score (nSPS) is 19.6. The number of nitrogens with zero attached hydrogens (tertiary/aromatic N) is 3. The Balaban J connectivity index is 1.20. The Morgan fingerprint density at radius 2 is 1.82 bits per heavy atom. The first-order chi connectivity index (χ1) is 26.2. The zero-order chi connectivity index (χ0) is 39.3. The van der Waals surface area contributed by atoms with Crippen molar-refractivity contribution in [3.05, 3.63) is 77.5 Å². The first-order valence-electron chi connectivity index (χ1n) is 18.7. The van der Waals surface area contributed by atoms with E-state index in [4.69, 9.17) is 4.74 Å². The van der Waals surface area contributed by atoms with Crippen LogP contribution in [0.3, 0.4) is 0 Å². The van der Waals surface area contributed by atoms with Crippen molar-refractivity contribution >= 4 is 44.7 Å². The molecule has 6 rings (SSSR count). The van der Waals surface area contributed by atoms with E-state index in [9.17, 15) is 36.4 Å². The van der Waals surface area contributed by atoms with E-state index in [2.05, 4.69) is 32.8 Å². The number of allylic oxidation sites excluding steroid dienone is 2. The van der Waals surface area contributed by atoms with Gasteiger partial charge in [-0.2, -0.15) is 0 Å². The minimum absolute atomic E-state index is 0.000837. The second-order valence-corrected chi connectivity index (χ2v) is 17.0. The number of ether oxygens (including phenoxy) is 1. The number of rotatable bonds is 17. The third-order valence-corrected chi connectivity index (χ3v) is 12.5. The summed E-state index contributed by atoms with van der Waals surface area (Å²) in [6.45, 7) is 2.32. The third-order valence-electron chi connectivity index (χ3n) is 10.3. The highest BCUT2D eigenvalue weighted by atomic mass is 32.2. The second-order valence-electron chi connectivity index (χ2n) is 14.8. The van der Waals surface area contributed by atoms with E-state index in [-0.39, 0.29) is 36.3 Å². The molecule has 1 aromatic heterocycles. The molecule has 294 valence electrons. The van der Waals surface area contributed by atoms with Gasteiger partial charge in [-0.25, -0.2) is 27.2 Å². The van der Waals surface area contributed by atoms with E-state index in [1.54, 1.807) is 13.0 Å². The third kappa shape index (κ3) is 10.0. The van der Waals surface area contributed by atoms with Gasteiger partial charge < -0.3 is 20.3 Å². The Kier molecular flexibility index (Phi) is 12.1. The number of aromatic nitrogens is 2. The van der Waals surface area contributed by atoms with Crippen molar-refractivity contribution in [1.82, 2.24) is 30.2 Å². The molecule has 13 nitrogen and oxygen atoms in total. The average molecular weight is 781 g/mol. The van der Waals surface area contributed by atoms with Crippen molar-refractivity contribution in [2.75, 3.05) is 13.1 Å². The number of nitrogens with one attached hydrogen (secondary N) is 3. The van der Waals surface area contributed by atoms with E-state index >= 15 is 0 Å². The zero-order valence-corrected chi connectivity index (χ0v) is 31.7. The van der Waals surface area contributed by atoms with Gasteiger partial charge in [0.15, 0.2) is 5.82 Å². The van der Waals surface area contributed by atoms with Crippen molar-refractivity contribution in [2.24, 2.45) is 5.92 Å². The number of sulfonamides is 1. The van der Waals surface area contributed by atoms with Gasteiger partial charge in [0.1, 0.15) is 35.2 Å². The fourth-order valence-electron chi connectivity index (χ4n) is 6.49. The fraction of sp³-hybridized carbons (Fsp3) is 0.487. The topological polar surface area (TPSA) is 177 Å². The van der Waals surface area contributed by atoms with Gasteiger partial charge in [-0.1, -0.05) is 37.1 Å². The number of carbonyl (C=O) groups is 4. The molecule has 0 bridgehead atoms. The number of aryl methyl sites for hydroxylation is 1. The van der Waals surface area contributed by atoms with E-state index in [1.165, 1.54) is 55.0 Å². The van der Waals surface area contributed by atoms with Crippen LogP contribution in [0.25, 0.3) is 11.0 Å². The van der Waals surface area contributed by atoms with Crippen LogP contribution in [-0.2, 0) is 24.4 Å². The van der Waals surface area contributed by atoms with Crippen molar-refractivity contribution < 1.29 is 41.1 Å². The van der Waals surface area contributed by atoms with Gasteiger partial charge in [-0.3, -0.25) is 23.9 Å². The SMILES string of the molecule is Cc1nc2cccc(F)c2nc1O[C@@H]1C[C@@H](C(=O)NCC(=O)NS(=O)(=O)C2(C)CC2)N(C(=O)[C@H](CCCCCC=CC2CC2)NC(=O)c2cccc(F)c2)C1.